The highest BCUT2D eigenvalue weighted by atomic mass is 32.2. The first-order valence-corrected chi connectivity index (χ1v) is 10.7. The number of carbonyl (C=O) groups is 2. The van der Waals surface area contributed by atoms with E-state index in [0.29, 0.717) is 35.2 Å². The SMILES string of the molecule is Cc1cc(NC(=O)[C@H](C)SCC(=O)N2CC[C@H](C)[C@@H]3CCCC[C@@H]32)no1. The van der Waals surface area contributed by atoms with Gasteiger partial charge in [0.2, 0.25) is 11.8 Å². The summed E-state index contributed by atoms with van der Waals surface area (Å²) >= 11 is 1.39. The third-order valence-electron chi connectivity index (χ3n) is 5.76. The number of nitrogens with one attached hydrogen (secondary N) is 1. The topological polar surface area (TPSA) is 75.4 Å². The van der Waals surface area contributed by atoms with Gasteiger partial charge in [0.05, 0.1) is 11.0 Å². The lowest BCUT2D eigenvalue weighted by Gasteiger charge is -2.47. The van der Waals surface area contributed by atoms with Crippen molar-refractivity contribution in [1.82, 2.24) is 10.1 Å². The molecule has 1 aromatic rings. The van der Waals surface area contributed by atoms with Crippen LogP contribution in [0.4, 0.5) is 5.82 Å². The van der Waals surface area contributed by atoms with E-state index in [1.807, 2.05) is 6.92 Å². The Hall–Kier alpha value is -1.50. The van der Waals surface area contributed by atoms with Gasteiger partial charge in [0.1, 0.15) is 5.76 Å². The summed E-state index contributed by atoms with van der Waals surface area (Å²) in [6.07, 6.45) is 5.99. The van der Waals surface area contributed by atoms with Crippen LogP contribution >= 0.6 is 11.8 Å². The summed E-state index contributed by atoms with van der Waals surface area (Å²) in [6.45, 7) is 6.79. The molecule has 0 bridgehead atoms. The average molecular weight is 380 g/mol. The summed E-state index contributed by atoms with van der Waals surface area (Å²) < 4.78 is 4.95. The Morgan fingerprint density at radius 1 is 1.38 bits per heavy atom. The number of aryl methyl sites for hydroxylation is 1. The predicted octanol–water partition coefficient (Wildman–Crippen LogP) is 3.47. The molecule has 2 heterocycles. The molecule has 0 radical (unpaired) electrons. The molecular formula is C19H29N3O3S. The first-order chi connectivity index (χ1) is 12.5. The average Bonchev–Trinajstić information content (AvgIpc) is 3.04. The molecule has 1 aromatic heterocycles. The molecule has 7 heteroatoms. The first kappa shape index (κ1) is 19.3. The number of thioether (sulfide) groups is 1. The number of rotatable bonds is 5. The number of anilines is 1. The number of fused-ring (bicyclic) bond motifs is 1. The summed E-state index contributed by atoms with van der Waals surface area (Å²) in [7, 11) is 0. The minimum absolute atomic E-state index is 0.154. The Morgan fingerprint density at radius 3 is 2.88 bits per heavy atom. The molecule has 2 aliphatic rings. The van der Waals surface area contributed by atoms with Crippen LogP contribution in [-0.2, 0) is 9.59 Å². The van der Waals surface area contributed by atoms with Gasteiger partial charge < -0.3 is 14.7 Å². The second-order valence-electron chi connectivity index (χ2n) is 7.63. The zero-order valence-electron chi connectivity index (χ0n) is 15.9. The van der Waals surface area contributed by atoms with E-state index in [0.717, 1.165) is 19.4 Å². The molecule has 1 aliphatic heterocycles. The van der Waals surface area contributed by atoms with Crippen LogP contribution in [0, 0.1) is 18.8 Å². The van der Waals surface area contributed by atoms with Gasteiger partial charge in [-0.25, -0.2) is 0 Å². The van der Waals surface area contributed by atoms with E-state index < -0.39 is 0 Å². The number of hydrogen-bond acceptors (Lipinski definition) is 5. The molecule has 0 unspecified atom stereocenters. The van der Waals surface area contributed by atoms with Crippen molar-refractivity contribution in [3.8, 4) is 0 Å². The van der Waals surface area contributed by atoms with Gasteiger partial charge >= 0.3 is 0 Å². The van der Waals surface area contributed by atoms with E-state index >= 15 is 0 Å². The largest absolute Gasteiger partial charge is 0.360 e. The van der Waals surface area contributed by atoms with Gasteiger partial charge in [-0.3, -0.25) is 9.59 Å². The van der Waals surface area contributed by atoms with Crippen molar-refractivity contribution < 1.29 is 14.1 Å². The Labute approximate surface area is 159 Å². The van der Waals surface area contributed by atoms with Crippen molar-refractivity contribution in [2.45, 2.75) is 64.2 Å². The maximum absolute atomic E-state index is 12.8. The lowest BCUT2D eigenvalue weighted by molar-refractivity contribution is -0.136. The van der Waals surface area contributed by atoms with E-state index in [2.05, 4.69) is 22.3 Å². The summed E-state index contributed by atoms with van der Waals surface area (Å²) in [4.78, 5) is 27.1. The lowest BCUT2D eigenvalue weighted by atomic mass is 9.72. The maximum Gasteiger partial charge on any atom is 0.238 e. The van der Waals surface area contributed by atoms with Gasteiger partial charge in [0.25, 0.3) is 0 Å². The first-order valence-electron chi connectivity index (χ1n) is 9.61. The fraction of sp³-hybridized carbons (Fsp3) is 0.737. The number of likely N-dealkylation sites (tertiary alicyclic amines) is 1. The second-order valence-corrected chi connectivity index (χ2v) is 8.96. The van der Waals surface area contributed by atoms with Crippen LogP contribution in [0.2, 0.25) is 0 Å². The van der Waals surface area contributed by atoms with Gasteiger partial charge in [-0.05, 0) is 44.9 Å². The van der Waals surface area contributed by atoms with Crippen molar-refractivity contribution in [2.24, 2.45) is 11.8 Å². The maximum atomic E-state index is 12.8. The molecule has 1 aliphatic carbocycles. The summed E-state index contributed by atoms with van der Waals surface area (Å²) in [5, 5.41) is 6.18. The standard InChI is InChI=1S/C19H29N3O3S/c1-12-8-9-22(16-7-5-4-6-15(12)16)18(23)11-26-14(3)19(24)20-17-10-13(2)25-21-17/h10,12,14-16H,4-9,11H2,1-3H3,(H,20,21,24)/t12-,14-,15-,16-/m0/s1. The van der Waals surface area contributed by atoms with Crippen LogP contribution in [0.3, 0.4) is 0 Å². The fourth-order valence-electron chi connectivity index (χ4n) is 4.23. The van der Waals surface area contributed by atoms with Crippen molar-refractivity contribution in [3.63, 3.8) is 0 Å². The van der Waals surface area contributed by atoms with Crippen LogP contribution < -0.4 is 5.32 Å². The van der Waals surface area contributed by atoms with Gasteiger partial charge in [0, 0.05) is 18.7 Å². The Kier molecular flexibility index (Phi) is 6.27. The molecule has 2 fully saturated rings. The van der Waals surface area contributed by atoms with Crippen LogP contribution in [-0.4, -0.2) is 45.5 Å². The highest BCUT2D eigenvalue weighted by Gasteiger charge is 2.39. The molecule has 4 atom stereocenters. The smallest absolute Gasteiger partial charge is 0.238 e. The van der Waals surface area contributed by atoms with Crippen molar-refractivity contribution >= 4 is 29.4 Å². The second kappa shape index (κ2) is 8.46. The van der Waals surface area contributed by atoms with Crippen molar-refractivity contribution in [1.29, 1.82) is 0 Å². The van der Waals surface area contributed by atoms with Crippen molar-refractivity contribution in [3.05, 3.63) is 11.8 Å². The number of nitrogens with zero attached hydrogens (tertiary/aromatic N) is 2. The molecule has 26 heavy (non-hydrogen) atoms. The highest BCUT2D eigenvalue weighted by molar-refractivity contribution is 8.01. The monoisotopic (exact) mass is 379 g/mol. The molecule has 3 rings (SSSR count). The number of hydrogen-bond donors (Lipinski definition) is 1. The van der Waals surface area contributed by atoms with Crippen LogP contribution in [0.5, 0.6) is 0 Å². The number of aromatic nitrogens is 1. The predicted molar refractivity (Wildman–Crippen MR) is 103 cm³/mol. The zero-order chi connectivity index (χ0) is 18.7. The zero-order valence-corrected chi connectivity index (χ0v) is 16.7. The minimum Gasteiger partial charge on any atom is -0.360 e. The molecule has 1 saturated heterocycles. The van der Waals surface area contributed by atoms with Gasteiger partial charge in [-0.15, -0.1) is 11.8 Å². The number of carbonyl (C=O) groups excluding carboxylic acids is 2. The van der Waals surface area contributed by atoms with E-state index in [1.165, 1.54) is 31.0 Å². The van der Waals surface area contributed by atoms with E-state index in [9.17, 15) is 9.59 Å². The minimum atomic E-state index is -0.318. The van der Waals surface area contributed by atoms with E-state index in [4.69, 9.17) is 4.52 Å². The third kappa shape index (κ3) is 4.42. The molecule has 0 spiro atoms. The lowest BCUT2D eigenvalue weighted by Crippen LogP contribution is -2.53. The van der Waals surface area contributed by atoms with Crippen LogP contribution in [0.15, 0.2) is 10.6 Å². The Balaban J connectivity index is 1.50. The number of piperidine rings is 1. The summed E-state index contributed by atoms with van der Waals surface area (Å²) in [5.41, 5.74) is 0. The summed E-state index contributed by atoms with van der Waals surface area (Å²) in [6, 6.07) is 2.08. The van der Waals surface area contributed by atoms with Gasteiger partial charge in [-0.2, -0.15) is 0 Å². The normalized spacial score (nSPS) is 26.9. The summed E-state index contributed by atoms with van der Waals surface area (Å²) in [5.74, 6) is 2.81. The van der Waals surface area contributed by atoms with Crippen LogP contribution in [0.1, 0.15) is 51.7 Å². The molecule has 0 aromatic carbocycles. The van der Waals surface area contributed by atoms with Crippen molar-refractivity contribution in [2.75, 3.05) is 17.6 Å². The number of amides is 2. The van der Waals surface area contributed by atoms with Gasteiger partial charge in [-0.1, -0.05) is 24.9 Å². The highest BCUT2D eigenvalue weighted by Crippen LogP contribution is 2.39. The van der Waals surface area contributed by atoms with Gasteiger partial charge in [0.15, 0.2) is 5.82 Å². The van der Waals surface area contributed by atoms with E-state index in [-0.39, 0.29) is 17.1 Å². The molecular weight excluding hydrogens is 350 g/mol. The Morgan fingerprint density at radius 2 is 2.15 bits per heavy atom. The molecule has 1 saturated carbocycles. The molecule has 2 amide bonds. The third-order valence-corrected chi connectivity index (χ3v) is 6.89. The Bertz CT molecular complexity index is 648. The quantitative estimate of drug-likeness (QED) is 0.848. The van der Waals surface area contributed by atoms with E-state index in [1.54, 1.807) is 13.0 Å². The molecule has 6 nitrogen and oxygen atoms in total. The fourth-order valence-corrected chi connectivity index (χ4v) is 5.00. The molecule has 1 N–H and O–H groups in total. The molecule has 144 valence electrons. The van der Waals surface area contributed by atoms with Crippen LogP contribution in [0.25, 0.3) is 0 Å².